The quantitative estimate of drug-likeness (QED) is 0.672. The van der Waals surface area contributed by atoms with Gasteiger partial charge in [0.25, 0.3) is 0 Å². The second-order valence-corrected chi connectivity index (χ2v) is 6.92. The van der Waals surface area contributed by atoms with Crippen molar-refractivity contribution in [2.24, 2.45) is 0 Å². The summed E-state index contributed by atoms with van der Waals surface area (Å²) < 4.78 is 9.78. The molecule has 2 rings (SSSR count). The second kappa shape index (κ2) is 9.96. The average molecular weight is 394 g/mol. The Labute approximate surface area is 161 Å². The van der Waals surface area contributed by atoms with E-state index in [1.807, 2.05) is 0 Å². The molecule has 9 heteroatoms. The third-order valence-electron chi connectivity index (χ3n) is 3.69. The van der Waals surface area contributed by atoms with Crippen LogP contribution in [-0.2, 0) is 23.9 Å². The van der Waals surface area contributed by atoms with E-state index >= 15 is 0 Å². The number of hydrogen-bond donors (Lipinski definition) is 2. The Bertz CT molecular complexity index is 706. The highest BCUT2D eigenvalue weighted by molar-refractivity contribution is 8.00. The molecule has 0 saturated carbocycles. The van der Waals surface area contributed by atoms with Crippen molar-refractivity contribution in [2.75, 3.05) is 24.3 Å². The molecule has 0 aliphatic carbocycles. The van der Waals surface area contributed by atoms with Crippen LogP contribution in [0.4, 0.5) is 5.69 Å². The fraction of sp³-hybridized carbons (Fsp3) is 0.444. The number of amides is 2. The molecule has 1 aromatic carbocycles. The summed E-state index contributed by atoms with van der Waals surface area (Å²) in [4.78, 5) is 47.6. The standard InChI is InChI=1S/C18H22N2O6S/c1-3-25-17(23)11-5-7-12(8-6-11)19-15(21)9-14-16(22)20-13(10-27-14)18(24)26-4-2/h5-8,13-14H,3-4,9-10H2,1-2H3,(H,19,21)(H,20,22)/t13-,14+/m1/s1. The van der Waals surface area contributed by atoms with E-state index in [1.54, 1.807) is 38.1 Å². The number of rotatable bonds is 7. The van der Waals surface area contributed by atoms with Crippen molar-refractivity contribution in [1.29, 1.82) is 0 Å². The third-order valence-corrected chi connectivity index (χ3v) is 5.00. The Hall–Kier alpha value is -2.55. The number of carbonyl (C=O) groups excluding carboxylic acids is 4. The lowest BCUT2D eigenvalue weighted by molar-refractivity contribution is -0.146. The normalized spacial score (nSPS) is 19.0. The van der Waals surface area contributed by atoms with Gasteiger partial charge in [0, 0.05) is 17.9 Å². The van der Waals surface area contributed by atoms with Gasteiger partial charge >= 0.3 is 11.9 Å². The summed E-state index contributed by atoms with van der Waals surface area (Å²) in [6.07, 6.45) is -0.0221. The second-order valence-electron chi connectivity index (χ2n) is 5.69. The van der Waals surface area contributed by atoms with Gasteiger partial charge in [-0.15, -0.1) is 11.8 Å². The SMILES string of the molecule is CCOC(=O)c1ccc(NC(=O)C[C@@H]2SC[C@H](C(=O)OCC)NC2=O)cc1. The smallest absolute Gasteiger partial charge is 0.338 e. The number of anilines is 1. The van der Waals surface area contributed by atoms with Crippen molar-refractivity contribution in [1.82, 2.24) is 5.32 Å². The molecule has 0 aromatic heterocycles. The number of ether oxygens (including phenoxy) is 2. The third kappa shape index (κ3) is 5.99. The van der Waals surface area contributed by atoms with Crippen LogP contribution in [0.15, 0.2) is 24.3 Å². The first-order chi connectivity index (χ1) is 12.9. The predicted octanol–water partition coefficient (Wildman–Crippen LogP) is 1.36. The first-order valence-electron chi connectivity index (χ1n) is 8.60. The van der Waals surface area contributed by atoms with E-state index in [0.717, 1.165) is 0 Å². The van der Waals surface area contributed by atoms with Gasteiger partial charge in [-0.05, 0) is 38.1 Å². The van der Waals surface area contributed by atoms with Gasteiger partial charge in [-0.25, -0.2) is 9.59 Å². The number of benzene rings is 1. The molecule has 27 heavy (non-hydrogen) atoms. The zero-order valence-corrected chi connectivity index (χ0v) is 16.0. The molecule has 1 fully saturated rings. The summed E-state index contributed by atoms with van der Waals surface area (Å²) in [6, 6.07) is 5.61. The summed E-state index contributed by atoms with van der Waals surface area (Å²) in [5, 5.41) is 4.70. The molecule has 2 N–H and O–H groups in total. The average Bonchev–Trinajstić information content (AvgIpc) is 2.64. The molecule has 1 aromatic rings. The molecular formula is C18H22N2O6S. The van der Waals surface area contributed by atoms with Crippen LogP contribution in [0, 0.1) is 0 Å². The van der Waals surface area contributed by atoms with Gasteiger partial charge in [-0.2, -0.15) is 0 Å². The monoisotopic (exact) mass is 394 g/mol. The highest BCUT2D eigenvalue weighted by Crippen LogP contribution is 2.22. The first-order valence-corrected chi connectivity index (χ1v) is 9.65. The molecule has 0 spiro atoms. The summed E-state index contributed by atoms with van der Waals surface area (Å²) in [5.74, 6) is -1.24. The molecule has 1 aliphatic rings. The van der Waals surface area contributed by atoms with Crippen molar-refractivity contribution >= 4 is 41.2 Å². The maximum absolute atomic E-state index is 12.2. The fourth-order valence-corrected chi connectivity index (χ4v) is 3.53. The Morgan fingerprint density at radius 1 is 1.15 bits per heavy atom. The van der Waals surface area contributed by atoms with Gasteiger partial charge in [0.15, 0.2) is 0 Å². The number of carbonyl (C=O) groups is 4. The van der Waals surface area contributed by atoms with Gasteiger partial charge in [-0.1, -0.05) is 0 Å². The van der Waals surface area contributed by atoms with E-state index in [4.69, 9.17) is 9.47 Å². The highest BCUT2D eigenvalue weighted by atomic mass is 32.2. The van der Waals surface area contributed by atoms with Gasteiger partial charge in [0.2, 0.25) is 11.8 Å². The molecule has 0 bridgehead atoms. The zero-order valence-electron chi connectivity index (χ0n) is 15.2. The van der Waals surface area contributed by atoms with Gasteiger partial charge in [-0.3, -0.25) is 9.59 Å². The molecule has 0 unspecified atom stereocenters. The van der Waals surface area contributed by atoms with Gasteiger partial charge < -0.3 is 20.1 Å². The molecule has 8 nitrogen and oxygen atoms in total. The van der Waals surface area contributed by atoms with Crippen LogP contribution in [0.25, 0.3) is 0 Å². The van der Waals surface area contributed by atoms with Gasteiger partial charge in [0.05, 0.1) is 24.0 Å². The van der Waals surface area contributed by atoms with E-state index in [0.29, 0.717) is 17.0 Å². The predicted molar refractivity (Wildman–Crippen MR) is 100 cm³/mol. The number of nitrogens with one attached hydrogen (secondary N) is 2. The zero-order chi connectivity index (χ0) is 19.8. The molecule has 2 amide bonds. The van der Waals surface area contributed by atoms with Crippen LogP contribution in [0.2, 0.25) is 0 Å². The summed E-state index contributed by atoms with van der Waals surface area (Å²) >= 11 is 1.25. The molecule has 1 aliphatic heterocycles. The Morgan fingerprint density at radius 3 is 2.41 bits per heavy atom. The fourth-order valence-electron chi connectivity index (χ4n) is 2.40. The van der Waals surface area contributed by atoms with Crippen LogP contribution in [0.1, 0.15) is 30.6 Å². The van der Waals surface area contributed by atoms with E-state index in [2.05, 4.69) is 10.6 Å². The number of hydrogen-bond acceptors (Lipinski definition) is 7. The molecule has 2 atom stereocenters. The molecule has 1 saturated heterocycles. The minimum atomic E-state index is -0.683. The first kappa shape index (κ1) is 20.8. The summed E-state index contributed by atoms with van der Waals surface area (Å²) in [6.45, 7) is 3.95. The van der Waals surface area contributed by atoms with E-state index in [1.165, 1.54) is 11.8 Å². The van der Waals surface area contributed by atoms with Crippen molar-refractivity contribution in [2.45, 2.75) is 31.6 Å². The molecular weight excluding hydrogens is 372 g/mol. The van der Waals surface area contributed by atoms with Crippen molar-refractivity contribution in [3.05, 3.63) is 29.8 Å². The van der Waals surface area contributed by atoms with Crippen LogP contribution in [0.5, 0.6) is 0 Å². The Balaban J connectivity index is 1.84. The summed E-state index contributed by atoms with van der Waals surface area (Å²) in [5.41, 5.74) is 0.903. The van der Waals surface area contributed by atoms with Gasteiger partial charge in [0.1, 0.15) is 6.04 Å². The van der Waals surface area contributed by atoms with E-state index in [9.17, 15) is 19.2 Å². The highest BCUT2D eigenvalue weighted by Gasteiger charge is 2.34. The van der Waals surface area contributed by atoms with E-state index < -0.39 is 23.2 Å². The van der Waals surface area contributed by atoms with Crippen LogP contribution < -0.4 is 10.6 Å². The molecule has 0 radical (unpaired) electrons. The largest absolute Gasteiger partial charge is 0.464 e. The minimum Gasteiger partial charge on any atom is -0.464 e. The summed E-state index contributed by atoms with van der Waals surface area (Å²) in [7, 11) is 0. The number of thioether (sulfide) groups is 1. The minimum absolute atomic E-state index is 0.0221. The maximum atomic E-state index is 12.2. The van der Waals surface area contributed by atoms with Crippen LogP contribution in [-0.4, -0.2) is 54.0 Å². The molecule has 146 valence electrons. The lowest BCUT2D eigenvalue weighted by atomic mass is 10.2. The maximum Gasteiger partial charge on any atom is 0.338 e. The van der Waals surface area contributed by atoms with Crippen molar-refractivity contribution in [3.63, 3.8) is 0 Å². The lowest BCUT2D eigenvalue weighted by Crippen LogP contribution is -2.51. The topological polar surface area (TPSA) is 111 Å². The van der Waals surface area contributed by atoms with Crippen LogP contribution >= 0.6 is 11.8 Å². The van der Waals surface area contributed by atoms with Crippen molar-refractivity contribution in [3.8, 4) is 0 Å². The Morgan fingerprint density at radius 2 is 1.81 bits per heavy atom. The van der Waals surface area contributed by atoms with E-state index in [-0.39, 0.29) is 31.4 Å². The van der Waals surface area contributed by atoms with Crippen molar-refractivity contribution < 1.29 is 28.7 Å². The lowest BCUT2D eigenvalue weighted by Gasteiger charge is -2.27. The number of esters is 2. The molecule has 1 heterocycles. The van der Waals surface area contributed by atoms with Crippen LogP contribution in [0.3, 0.4) is 0 Å². The Kier molecular flexibility index (Phi) is 7.66.